The van der Waals surface area contributed by atoms with Crippen LogP contribution in [0.25, 0.3) is 0 Å². The standard InChI is InChI=1S/C13H18FN3O2S2/c1-9-4-6-17(7-5-9)21(18,19)16-10-2-3-12(14)11(8-10)13(15)20/h2-3,8-9,16H,4-7H2,1H3,(H2,15,20). The van der Waals surface area contributed by atoms with E-state index in [2.05, 4.69) is 11.6 Å². The molecule has 1 aromatic carbocycles. The van der Waals surface area contributed by atoms with E-state index in [1.165, 1.54) is 16.4 Å². The Balaban J connectivity index is 2.17. The quantitative estimate of drug-likeness (QED) is 0.826. The molecular formula is C13H18FN3O2S2. The van der Waals surface area contributed by atoms with Gasteiger partial charge in [-0.25, -0.2) is 4.39 Å². The van der Waals surface area contributed by atoms with Crippen LogP contribution in [0.2, 0.25) is 0 Å². The van der Waals surface area contributed by atoms with Crippen LogP contribution in [0.5, 0.6) is 0 Å². The van der Waals surface area contributed by atoms with Crippen molar-refractivity contribution in [3.63, 3.8) is 0 Å². The first-order chi connectivity index (χ1) is 9.79. The molecule has 0 spiro atoms. The summed E-state index contributed by atoms with van der Waals surface area (Å²) in [6.45, 7) is 3.07. The van der Waals surface area contributed by atoms with Crippen molar-refractivity contribution in [3.05, 3.63) is 29.6 Å². The fourth-order valence-electron chi connectivity index (χ4n) is 2.22. The van der Waals surface area contributed by atoms with Gasteiger partial charge in [-0.05, 0) is 37.0 Å². The molecule has 3 N–H and O–H groups in total. The van der Waals surface area contributed by atoms with Crippen LogP contribution in [0.4, 0.5) is 10.1 Å². The van der Waals surface area contributed by atoms with Gasteiger partial charge in [-0.2, -0.15) is 12.7 Å². The Bertz CT molecular complexity index is 641. The highest BCUT2D eigenvalue weighted by Crippen LogP contribution is 2.21. The van der Waals surface area contributed by atoms with Crippen molar-refractivity contribution in [3.8, 4) is 0 Å². The molecule has 0 unspecified atom stereocenters. The Kier molecular flexibility index (Phi) is 4.80. The highest BCUT2D eigenvalue weighted by Gasteiger charge is 2.26. The molecule has 1 saturated heterocycles. The number of hydrogen-bond acceptors (Lipinski definition) is 3. The van der Waals surface area contributed by atoms with Gasteiger partial charge in [0.25, 0.3) is 0 Å². The summed E-state index contributed by atoms with van der Waals surface area (Å²) in [4.78, 5) is -0.111. The van der Waals surface area contributed by atoms with Crippen LogP contribution in [0.15, 0.2) is 18.2 Å². The lowest BCUT2D eigenvalue weighted by Gasteiger charge is -2.29. The van der Waals surface area contributed by atoms with Gasteiger partial charge in [0.05, 0.1) is 5.69 Å². The predicted octanol–water partition coefficient (Wildman–Crippen LogP) is 1.85. The van der Waals surface area contributed by atoms with Gasteiger partial charge < -0.3 is 5.73 Å². The first kappa shape index (κ1) is 16.1. The molecule has 21 heavy (non-hydrogen) atoms. The van der Waals surface area contributed by atoms with Crippen LogP contribution in [0.3, 0.4) is 0 Å². The van der Waals surface area contributed by atoms with Gasteiger partial charge in [0.2, 0.25) is 0 Å². The highest BCUT2D eigenvalue weighted by molar-refractivity contribution is 7.90. The minimum atomic E-state index is -3.64. The lowest BCUT2D eigenvalue weighted by Crippen LogP contribution is -2.41. The Morgan fingerprint density at radius 1 is 1.43 bits per heavy atom. The number of nitrogens with one attached hydrogen (secondary N) is 1. The fourth-order valence-corrected chi connectivity index (χ4v) is 3.62. The number of piperidine rings is 1. The summed E-state index contributed by atoms with van der Waals surface area (Å²) in [6.07, 6.45) is 1.67. The van der Waals surface area contributed by atoms with Crippen LogP contribution < -0.4 is 10.5 Å². The molecular weight excluding hydrogens is 313 g/mol. The maximum Gasteiger partial charge on any atom is 0.301 e. The van der Waals surface area contributed by atoms with Crippen molar-refractivity contribution in [2.45, 2.75) is 19.8 Å². The molecule has 1 aliphatic heterocycles. The number of nitrogens with zero attached hydrogens (tertiary/aromatic N) is 1. The average Bonchev–Trinajstić information content (AvgIpc) is 2.41. The van der Waals surface area contributed by atoms with Crippen LogP contribution in [-0.4, -0.2) is 30.8 Å². The molecule has 116 valence electrons. The van der Waals surface area contributed by atoms with Crippen molar-refractivity contribution in [2.75, 3.05) is 17.8 Å². The number of thiocarbonyl (C=S) groups is 1. The van der Waals surface area contributed by atoms with Gasteiger partial charge in [0, 0.05) is 18.7 Å². The molecule has 0 aliphatic carbocycles. The third-order valence-corrected chi connectivity index (χ3v) is 5.32. The number of benzene rings is 1. The Morgan fingerprint density at radius 2 is 2.05 bits per heavy atom. The van der Waals surface area contributed by atoms with E-state index in [9.17, 15) is 12.8 Å². The van der Waals surface area contributed by atoms with Gasteiger partial charge in [0.1, 0.15) is 10.8 Å². The van der Waals surface area contributed by atoms with E-state index >= 15 is 0 Å². The molecule has 0 atom stereocenters. The number of rotatable bonds is 4. The predicted molar refractivity (Wildman–Crippen MR) is 84.8 cm³/mol. The minimum Gasteiger partial charge on any atom is -0.389 e. The van der Waals surface area contributed by atoms with E-state index in [1.54, 1.807) is 0 Å². The monoisotopic (exact) mass is 331 g/mol. The Hall–Kier alpha value is -1.25. The third kappa shape index (κ3) is 3.90. The zero-order chi connectivity index (χ0) is 15.6. The van der Waals surface area contributed by atoms with E-state index in [0.717, 1.165) is 18.9 Å². The van der Waals surface area contributed by atoms with Crippen LogP contribution in [0, 0.1) is 11.7 Å². The number of nitrogens with two attached hydrogens (primary N) is 1. The van der Waals surface area contributed by atoms with E-state index in [0.29, 0.717) is 19.0 Å². The van der Waals surface area contributed by atoms with Crippen molar-refractivity contribution < 1.29 is 12.8 Å². The molecule has 0 radical (unpaired) electrons. The zero-order valence-electron chi connectivity index (χ0n) is 11.7. The third-order valence-electron chi connectivity index (χ3n) is 3.56. The summed E-state index contributed by atoms with van der Waals surface area (Å²) in [5, 5.41) is 0. The molecule has 5 nitrogen and oxygen atoms in total. The van der Waals surface area contributed by atoms with Crippen molar-refractivity contribution in [1.29, 1.82) is 0 Å². The van der Waals surface area contributed by atoms with E-state index in [1.807, 2.05) is 0 Å². The number of hydrogen-bond donors (Lipinski definition) is 2. The van der Waals surface area contributed by atoms with Gasteiger partial charge in [-0.15, -0.1) is 0 Å². The van der Waals surface area contributed by atoms with Crippen LogP contribution >= 0.6 is 12.2 Å². The fraction of sp³-hybridized carbons (Fsp3) is 0.462. The second-order valence-electron chi connectivity index (χ2n) is 5.25. The topological polar surface area (TPSA) is 75.4 Å². The SMILES string of the molecule is CC1CCN(S(=O)(=O)Nc2ccc(F)c(C(N)=S)c2)CC1. The maximum absolute atomic E-state index is 13.5. The van der Waals surface area contributed by atoms with E-state index in [-0.39, 0.29) is 16.2 Å². The molecule has 1 heterocycles. The summed E-state index contributed by atoms with van der Waals surface area (Å²) in [7, 11) is -3.64. The second kappa shape index (κ2) is 6.25. The first-order valence-corrected chi connectivity index (χ1v) is 8.51. The molecule has 8 heteroatoms. The second-order valence-corrected chi connectivity index (χ2v) is 7.36. The lowest BCUT2D eigenvalue weighted by atomic mass is 10.0. The number of anilines is 1. The average molecular weight is 331 g/mol. The first-order valence-electron chi connectivity index (χ1n) is 6.67. The Morgan fingerprint density at radius 3 is 2.62 bits per heavy atom. The molecule has 2 rings (SSSR count). The van der Waals surface area contributed by atoms with Crippen LogP contribution in [0.1, 0.15) is 25.3 Å². The largest absolute Gasteiger partial charge is 0.389 e. The van der Waals surface area contributed by atoms with Gasteiger partial charge >= 0.3 is 10.2 Å². The van der Waals surface area contributed by atoms with Crippen molar-refractivity contribution in [2.24, 2.45) is 11.7 Å². The minimum absolute atomic E-state index is 0.0254. The zero-order valence-corrected chi connectivity index (χ0v) is 13.3. The van der Waals surface area contributed by atoms with Crippen molar-refractivity contribution >= 4 is 33.1 Å². The molecule has 0 aromatic heterocycles. The molecule has 1 aliphatic rings. The summed E-state index contributed by atoms with van der Waals surface area (Å²) < 4.78 is 41.9. The maximum atomic E-state index is 13.5. The highest BCUT2D eigenvalue weighted by atomic mass is 32.2. The smallest absolute Gasteiger partial charge is 0.301 e. The lowest BCUT2D eigenvalue weighted by molar-refractivity contribution is 0.289. The molecule has 0 amide bonds. The van der Waals surface area contributed by atoms with Crippen molar-refractivity contribution in [1.82, 2.24) is 4.31 Å². The number of halogens is 1. The van der Waals surface area contributed by atoms with Crippen LogP contribution in [-0.2, 0) is 10.2 Å². The molecule has 0 bridgehead atoms. The molecule has 0 saturated carbocycles. The summed E-state index contributed by atoms with van der Waals surface area (Å²) in [5.41, 5.74) is 5.68. The summed E-state index contributed by atoms with van der Waals surface area (Å²) in [6, 6.07) is 3.80. The summed E-state index contributed by atoms with van der Waals surface area (Å²) in [5.74, 6) is -0.0410. The van der Waals surface area contributed by atoms with E-state index < -0.39 is 16.0 Å². The van der Waals surface area contributed by atoms with E-state index in [4.69, 9.17) is 18.0 Å². The summed E-state index contributed by atoms with van der Waals surface area (Å²) >= 11 is 4.74. The van der Waals surface area contributed by atoms with Gasteiger partial charge in [0.15, 0.2) is 0 Å². The Labute approximate surface area is 129 Å². The molecule has 1 aromatic rings. The molecule has 1 fully saturated rings. The van der Waals surface area contributed by atoms with Gasteiger partial charge in [-0.1, -0.05) is 19.1 Å². The van der Waals surface area contributed by atoms with Gasteiger partial charge in [-0.3, -0.25) is 4.72 Å². The normalized spacial score (nSPS) is 17.6.